The Bertz CT molecular complexity index is 1530. The lowest BCUT2D eigenvalue weighted by Crippen LogP contribution is -2.66. The molecule has 0 aliphatic carbocycles. The molecule has 0 spiro atoms. The molecule has 0 unspecified atom stereocenters. The average Bonchev–Trinajstić information content (AvgIpc) is 3.04. The summed E-state index contributed by atoms with van der Waals surface area (Å²) in [4.78, 5) is 37.4. The number of carbonyl (C=O) groups is 3. The van der Waals surface area contributed by atoms with Crippen LogP contribution >= 0.6 is 0 Å². The summed E-state index contributed by atoms with van der Waals surface area (Å²) in [7, 11) is -2.76. The van der Waals surface area contributed by atoms with Crippen molar-refractivity contribution in [2.75, 3.05) is 18.4 Å². The van der Waals surface area contributed by atoms with E-state index in [1.807, 2.05) is 65.0 Å². The molecular weight excluding hydrogens is 659 g/mol. The predicted molar refractivity (Wildman–Crippen MR) is 209 cm³/mol. The highest BCUT2D eigenvalue weighted by molar-refractivity contribution is 6.99. The van der Waals surface area contributed by atoms with Crippen LogP contribution in [-0.2, 0) is 20.6 Å². The number of amides is 4. The van der Waals surface area contributed by atoms with Gasteiger partial charge in [0.25, 0.3) is 8.32 Å². The summed E-state index contributed by atoms with van der Waals surface area (Å²) < 4.78 is 12.6. The number of urea groups is 1. The number of hydrogen-bond acceptors (Lipinski definition) is 6. The van der Waals surface area contributed by atoms with Gasteiger partial charge in [0.05, 0.1) is 12.6 Å². The molecule has 0 saturated heterocycles. The van der Waals surface area contributed by atoms with Gasteiger partial charge in [-0.2, -0.15) is 0 Å². The Morgan fingerprint density at radius 2 is 1.47 bits per heavy atom. The van der Waals surface area contributed by atoms with Crippen LogP contribution in [0.25, 0.3) is 0 Å². The van der Waals surface area contributed by atoms with Gasteiger partial charge in [-0.15, -0.1) is 0 Å². The fourth-order valence-electron chi connectivity index (χ4n) is 6.05. The maximum absolute atomic E-state index is 13.7. The number of nitrogens with two attached hydrogens (primary N) is 1. The van der Waals surface area contributed by atoms with E-state index in [4.69, 9.17) is 14.9 Å². The van der Waals surface area contributed by atoms with Crippen LogP contribution < -0.4 is 37.4 Å². The molecule has 4 amide bonds. The zero-order chi connectivity index (χ0) is 37.8. The van der Waals surface area contributed by atoms with Crippen molar-refractivity contribution in [3.63, 3.8) is 0 Å². The van der Waals surface area contributed by atoms with Crippen LogP contribution in [0.2, 0.25) is 5.04 Å². The van der Waals surface area contributed by atoms with Crippen LogP contribution in [0, 0.1) is 12.8 Å². The van der Waals surface area contributed by atoms with E-state index < -0.39 is 32.1 Å². The van der Waals surface area contributed by atoms with E-state index in [2.05, 4.69) is 97.5 Å². The van der Waals surface area contributed by atoms with Gasteiger partial charge < -0.3 is 36.2 Å². The van der Waals surface area contributed by atoms with Crippen molar-refractivity contribution < 1.29 is 23.5 Å². The first-order valence-electron chi connectivity index (χ1n) is 17.7. The molecule has 0 saturated carbocycles. The third-order valence-corrected chi connectivity index (χ3v) is 13.7. The molecule has 0 aliphatic rings. The van der Waals surface area contributed by atoms with E-state index in [0.29, 0.717) is 38.2 Å². The molecule has 0 heterocycles. The first-order valence-corrected chi connectivity index (χ1v) is 19.6. The minimum atomic E-state index is -2.76. The summed E-state index contributed by atoms with van der Waals surface area (Å²) >= 11 is 0. The van der Waals surface area contributed by atoms with Crippen molar-refractivity contribution in [2.45, 2.75) is 97.6 Å². The van der Waals surface area contributed by atoms with E-state index in [1.165, 1.54) is 10.4 Å². The van der Waals surface area contributed by atoms with Gasteiger partial charge >= 0.3 is 12.1 Å². The number of hydrogen-bond donors (Lipinski definition) is 5. The van der Waals surface area contributed by atoms with Crippen LogP contribution in [0.4, 0.5) is 15.3 Å². The van der Waals surface area contributed by atoms with Crippen LogP contribution in [0.3, 0.4) is 0 Å². The van der Waals surface area contributed by atoms with E-state index in [1.54, 1.807) is 0 Å². The van der Waals surface area contributed by atoms with Crippen LogP contribution in [0.5, 0.6) is 0 Å². The Kier molecular flexibility index (Phi) is 14.8. The molecule has 0 bridgehead atoms. The summed E-state index contributed by atoms with van der Waals surface area (Å²) in [6, 6.07) is 25.1. The first-order chi connectivity index (χ1) is 23.9. The molecule has 277 valence electrons. The minimum absolute atomic E-state index is 0.0672. The average molecular weight is 717 g/mol. The zero-order valence-corrected chi connectivity index (χ0v) is 32.6. The van der Waals surface area contributed by atoms with Gasteiger partial charge in [0.2, 0.25) is 5.91 Å². The molecule has 2 atom stereocenters. The summed E-state index contributed by atoms with van der Waals surface area (Å²) in [5.74, 6) is -0.179. The topological polar surface area (TPSA) is 144 Å². The summed E-state index contributed by atoms with van der Waals surface area (Å²) in [5, 5.41) is 14.1. The van der Waals surface area contributed by atoms with Crippen molar-refractivity contribution >= 4 is 42.4 Å². The highest BCUT2D eigenvalue weighted by Crippen LogP contribution is 2.37. The second kappa shape index (κ2) is 18.3. The summed E-state index contributed by atoms with van der Waals surface area (Å²) in [6.45, 7) is 21.5. The number of ether oxygens (including phenoxy) is 1. The summed E-state index contributed by atoms with van der Waals surface area (Å²) in [6.07, 6.45) is 0.418. The molecule has 51 heavy (non-hydrogen) atoms. The van der Waals surface area contributed by atoms with Gasteiger partial charge in [0, 0.05) is 24.8 Å². The van der Waals surface area contributed by atoms with Crippen molar-refractivity contribution in [2.24, 2.45) is 11.7 Å². The smallest absolute Gasteiger partial charge is 0.407 e. The lowest BCUT2D eigenvalue weighted by Gasteiger charge is -2.43. The highest BCUT2D eigenvalue weighted by atomic mass is 28.4. The summed E-state index contributed by atoms with van der Waals surface area (Å²) in [5.41, 5.74) is 6.89. The standard InChI is InChI=1S/C40H58N5O5Si/c1-28(2)35(45-38(48)50-39(4,5)6)26-43-34(21-16-24-42-37(41)47)36(46)44-31-23-22-30(29(3)25-31)27-49-51(40(7,8)9,32-17-12-10-13-18-32)33-19-14-11-15-20-33/h10-15,17-20,22-23,25,28,34-35,43H,3,16,21,24,26-27H2,1-2,4-9H3,(H,44,46)(H,45,48)(H3,41,42,47)/t34-,35+/m0/s1. The van der Waals surface area contributed by atoms with E-state index in [-0.39, 0.29) is 22.9 Å². The van der Waals surface area contributed by atoms with E-state index >= 15 is 0 Å². The molecule has 1 radical (unpaired) electrons. The van der Waals surface area contributed by atoms with Crippen LogP contribution in [0.1, 0.15) is 79.4 Å². The quantitative estimate of drug-likeness (QED) is 0.0932. The SMILES string of the molecule is [CH2]c1cc(NC(=O)[C@H](CCCNC(N)=O)NC[C@@H](NC(=O)OC(C)(C)C)C(C)C)ccc1CO[Si](c1ccccc1)(c1ccccc1)C(C)(C)C. The number of alkyl carbamates (subject to hydrolysis) is 1. The number of benzene rings is 3. The molecule has 3 aromatic rings. The predicted octanol–water partition coefficient (Wildman–Crippen LogP) is 5.84. The largest absolute Gasteiger partial charge is 0.444 e. The number of carbonyl (C=O) groups excluding carboxylic acids is 3. The van der Waals surface area contributed by atoms with Crippen LogP contribution in [-0.4, -0.2) is 57.1 Å². The van der Waals surface area contributed by atoms with E-state index in [0.717, 1.165) is 11.1 Å². The van der Waals surface area contributed by atoms with Gasteiger partial charge in [0.15, 0.2) is 0 Å². The highest BCUT2D eigenvalue weighted by Gasteiger charge is 2.50. The lowest BCUT2D eigenvalue weighted by molar-refractivity contribution is -0.118. The molecule has 11 heteroatoms. The number of nitrogens with one attached hydrogen (secondary N) is 4. The molecular formula is C40H58N5O5Si. The Hall–Kier alpha value is -4.19. The third kappa shape index (κ3) is 12.2. The monoisotopic (exact) mass is 716 g/mol. The fourth-order valence-corrected chi connectivity index (χ4v) is 10.6. The van der Waals surface area contributed by atoms with Gasteiger partial charge in [-0.1, -0.05) is 101 Å². The van der Waals surface area contributed by atoms with Crippen molar-refractivity contribution in [3.05, 3.63) is 96.9 Å². The van der Waals surface area contributed by atoms with Crippen molar-refractivity contribution in [1.82, 2.24) is 16.0 Å². The van der Waals surface area contributed by atoms with Crippen molar-refractivity contribution in [3.8, 4) is 0 Å². The molecule has 3 rings (SSSR count). The Labute approximate surface area is 305 Å². The molecule has 0 aliphatic heterocycles. The van der Waals surface area contributed by atoms with Gasteiger partial charge in [-0.05, 0) is 85.1 Å². The number of rotatable bonds is 16. The number of anilines is 1. The van der Waals surface area contributed by atoms with Gasteiger partial charge in [0.1, 0.15) is 5.60 Å². The number of primary amides is 1. The Balaban J connectivity index is 1.79. The second-order valence-corrected chi connectivity index (χ2v) is 19.6. The third-order valence-electron chi connectivity index (χ3n) is 8.71. The minimum Gasteiger partial charge on any atom is -0.444 e. The lowest BCUT2D eigenvalue weighted by atomic mass is 10.0. The second-order valence-electron chi connectivity index (χ2n) is 15.3. The fraction of sp³-hybridized carbons (Fsp3) is 0.450. The van der Waals surface area contributed by atoms with Crippen molar-refractivity contribution in [1.29, 1.82) is 0 Å². The van der Waals surface area contributed by atoms with Gasteiger partial charge in [-0.25, -0.2) is 9.59 Å². The Morgan fingerprint density at radius 3 is 1.96 bits per heavy atom. The molecule has 0 aromatic heterocycles. The normalized spacial score (nSPS) is 13.3. The molecule has 0 fully saturated rings. The molecule has 3 aromatic carbocycles. The van der Waals surface area contributed by atoms with Crippen LogP contribution in [0.15, 0.2) is 78.9 Å². The molecule has 6 N–H and O–H groups in total. The van der Waals surface area contributed by atoms with Gasteiger partial charge in [-0.3, -0.25) is 4.79 Å². The van der Waals surface area contributed by atoms with E-state index in [9.17, 15) is 14.4 Å². The molecule has 10 nitrogen and oxygen atoms in total. The Morgan fingerprint density at radius 1 is 0.882 bits per heavy atom. The maximum atomic E-state index is 13.7. The maximum Gasteiger partial charge on any atom is 0.407 e. The first kappa shape index (κ1) is 41.2. The zero-order valence-electron chi connectivity index (χ0n) is 31.6.